The lowest BCUT2D eigenvalue weighted by atomic mass is 9.53. The molecule has 3 N–H and O–H groups in total. The molecule has 154 valence electrons. The molecule has 0 unspecified atom stereocenters. The summed E-state index contributed by atoms with van der Waals surface area (Å²) in [5.74, 6) is 2.44. The molecule has 4 aliphatic rings. The second-order valence-electron chi connectivity index (χ2n) is 11.1. The van der Waals surface area contributed by atoms with Gasteiger partial charge in [-0.2, -0.15) is 0 Å². The van der Waals surface area contributed by atoms with Crippen molar-refractivity contribution in [3.05, 3.63) is 11.1 Å². The Morgan fingerprint density at radius 3 is 2.48 bits per heavy atom. The van der Waals surface area contributed by atoms with Gasteiger partial charge < -0.3 is 15.5 Å². The van der Waals surface area contributed by atoms with Gasteiger partial charge in [-0.1, -0.05) is 31.9 Å². The van der Waals surface area contributed by atoms with Crippen LogP contribution in [0.5, 0.6) is 0 Å². The Balaban J connectivity index is 1.59. The molecule has 0 heterocycles. The number of aliphatic hydroxyl groups excluding tert-OH is 2. The van der Waals surface area contributed by atoms with Gasteiger partial charge in [0.1, 0.15) is 0 Å². The number of allylic oxidation sites excluding steroid dienone is 1. The van der Waals surface area contributed by atoms with Gasteiger partial charge in [0.25, 0.3) is 0 Å². The molecular weight excluding hydrogens is 334 g/mol. The molecule has 0 aliphatic heterocycles. The predicted molar refractivity (Wildman–Crippen MR) is 110 cm³/mol. The van der Waals surface area contributed by atoms with Crippen molar-refractivity contribution in [1.82, 2.24) is 5.32 Å². The topological polar surface area (TPSA) is 52.5 Å². The summed E-state index contributed by atoms with van der Waals surface area (Å²) in [6, 6.07) is 0. The number of nitrogens with one attached hydrogen (secondary N) is 1. The Hall–Kier alpha value is -0.380. The molecule has 3 heteroatoms. The lowest BCUT2D eigenvalue weighted by molar-refractivity contribution is -0.0583. The quantitative estimate of drug-likeness (QED) is 0.607. The zero-order chi connectivity index (χ0) is 19.2. The highest BCUT2D eigenvalue weighted by molar-refractivity contribution is 5.32. The zero-order valence-electron chi connectivity index (χ0n) is 17.8. The van der Waals surface area contributed by atoms with Gasteiger partial charge in [-0.3, -0.25) is 0 Å². The molecule has 4 aliphatic carbocycles. The van der Waals surface area contributed by atoms with Crippen LogP contribution in [-0.4, -0.2) is 36.0 Å². The normalized spacial score (nSPS) is 41.7. The van der Waals surface area contributed by atoms with Gasteiger partial charge in [-0.05, 0) is 98.8 Å². The SMILES string of the molecule is CC1(C)CCC2=C1CC[C@H]([C@@]1(C)CC[C@H](O)C[C@@H]1CO)[C@H]2CNCC1CC1. The third-order valence-corrected chi connectivity index (χ3v) is 8.93. The molecule has 0 amide bonds. The van der Waals surface area contributed by atoms with Crippen molar-refractivity contribution >= 4 is 0 Å². The van der Waals surface area contributed by atoms with Crippen LogP contribution in [-0.2, 0) is 0 Å². The summed E-state index contributed by atoms with van der Waals surface area (Å²) in [4.78, 5) is 0. The fourth-order valence-electron chi connectivity index (χ4n) is 6.82. The fraction of sp³-hybridized carbons (Fsp3) is 0.917. The zero-order valence-corrected chi connectivity index (χ0v) is 17.8. The van der Waals surface area contributed by atoms with E-state index in [4.69, 9.17) is 0 Å². The predicted octanol–water partition coefficient (Wildman–Crippen LogP) is 4.29. The van der Waals surface area contributed by atoms with Crippen molar-refractivity contribution in [2.75, 3.05) is 19.7 Å². The van der Waals surface area contributed by atoms with Gasteiger partial charge in [0.2, 0.25) is 0 Å². The minimum absolute atomic E-state index is 0.158. The highest BCUT2D eigenvalue weighted by atomic mass is 16.3. The molecule has 27 heavy (non-hydrogen) atoms. The summed E-state index contributed by atoms with van der Waals surface area (Å²) < 4.78 is 0. The summed E-state index contributed by atoms with van der Waals surface area (Å²) in [6.45, 7) is 9.85. The summed E-state index contributed by atoms with van der Waals surface area (Å²) >= 11 is 0. The average Bonchev–Trinajstić information content (AvgIpc) is 3.41. The van der Waals surface area contributed by atoms with E-state index in [1.54, 1.807) is 11.1 Å². The first kappa shape index (κ1) is 19.9. The van der Waals surface area contributed by atoms with Gasteiger partial charge in [0, 0.05) is 13.2 Å². The highest BCUT2D eigenvalue weighted by Crippen LogP contribution is 2.59. The van der Waals surface area contributed by atoms with Crippen LogP contribution in [0.4, 0.5) is 0 Å². The molecule has 2 fully saturated rings. The summed E-state index contributed by atoms with van der Waals surface area (Å²) in [5.41, 5.74) is 4.07. The average molecular weight is 376 g/mol. The molecule has 0 spiro atoms. The van der Waals surface area contributed by atoms with Crippen molar-refractivity contribution in [3.63, 3.8) is 0 Å². The van der Waals surface area contributed by atoms with Gasteiger partial charge >= 0.3 is 0 Å². The lowest BCUT2D eigenvalue weighted by Crippen LogP contribution is -2.49. The second kappa shape index (κ2) is 7.46. The maximum atomic E-state index is 10.2. The third-order valence-electron chi connectivity index (χ3n) is 8.93. The molecule has 5 atom stereocenters. The minimum atomic E-state index is -0.217. The van der Waals surface area contributed by atoms with Gasteiger partial charge in [0.05, 0.1) is 6.10 Å². The molecule has 2 saturated carbocycles. The highest BCUT2D eigenvalue weighted by Gasteiger charge is 2.51. The van der Waals surface area contributed by atoms with Gasteiger partial charge in [-0.25, -0.2) is 0 Å². The Kier molecular flexibility index (Phi) is 5.50. The van der Waals surface area contributed by atoms with E-state index >= 15 is 0 Å². The van der Waals surface area contributed by atoms with Crippen LogP contribution < -0.4 is 5.32 Å². The summed E-state index contributed by atoms with van der Waals surface area (Å²) in [6.07, 6.45) is 10.4. The third kappa shape index (κ3) is 3.76. The molecule has 0 bridgehead atoms. The van der Waals surface area contributed by atoms with E-state index in [1.165, 1.54) is 45.1 Å². The smallest absolute Gasteiger partial charge is 0.0544 e. The van der Waals surface area contributed by atoms with Crippen molar-refractivity contribution < 1.29 is 10.2 Å². The lowest BCUT2D eigenvalue weighted by Gasteiger charge is -2.52. The van der Waals surface area contributed by atoms with E-state index in [0.29, 0.717) is 17.3 Å². The summed E-state index contributed by atoms with van der Waals surface area (Å²) in [7, 11) is 0. The summed E-state index contributed by atoms with van der Waals surface area (Å²) in [5, 5.41) is 24.2. The molecular formula is C24H41NO2. The molecule has 0 aromatic rings. The molecule has 3 nitrogen and oxygen atoms in total. The fourth-order valence-corrected chi connectivity index (χ4v) is 6.82. The Bertz CT molecular complexity index is 579. The number of hydrogen-bond donors (Lipinski definition) is 3. The molecule has 0 aromatic carbocycles. The molecule has 0 aromatic heterocycles. The number of hydrogen-bond acceptors (Lipinski definition) is 3. The van der Waals surface area contributed by atoms with Gasteiger partial charge in [-0.15, -0.1) is 0 Å². The molecule has 0 radical (unpaired) electrons. The van der Waals surface area contributed by atoms with Crippen LogP contribution in [0.15, 0.2) is 11.1 Å². The Labute approximate surface area is 166 Å². The van der Waals surface area contributed by atoms with Gasteiger partial charge in [0.15, 0.2) is 0 Å². The second-order valence-corrected chi connectivity index (χ2v) is 11.1. The van der Waals surface area contributed by atoms with Crippen molar-refractivity contribution in [1.29, 1.82) is 0 Å². The van der Waals surface area contributed by atoms with Crippen LogP contribution in [0, 0.1) is 34.5 Å². The first-order valence-electron chi connectivity index (χ1n) is 11.6. The van der Waals surface area contributed by atoms with Crippen LogP contribution in [0.1, 0.15) is 78.6 Å². The van der Waals surface area contributed by atoms with Crippen molar-refractivity contribution in [2.45, 2.75) is 84.7 Å². The van der Waals surface area contributed by atoms with Crippen LogP contribution >= 0.6 is 0 Å². The number of rotatable bonds is 6. The minimum Gasteiger partial charge on any atom is -0.396 e. The maximum absolute atomic E-state index is 10.2. The number of aliphatic hydroxyl groups is 2. The van der Waals surface area contributed by atoms with E-state index in [1.807, 2.05) is 0 Å². The first-order valence-corrected chi connectivity index (χ1v) is 11.6. The molecule has 0 saturated heterocycles. The largest absolute Gasteiger partial charge is 0.396 e. The van der Waals surface area contributed by atoms with Crippen LogP contribution in [0.25, 0.3) is 0 Å². The van der Waals surface area contributed by atoms with Crippen molar-refractivity contribution in [3.8, 4) is 0 Å². The van der Waals surface area contributed by atoms with Crippen molar-refractivity contribution in [2.24, 2.45) is 34.5 Å². The standard InChI is InChI=1S/C24H41NO2/c1-23(2)10-9-19-20(14-25-13-16-4-5-16)22(7-6-21(19)23)24(3)11-8-18(27)12-17(24)15-26/h16-18,20,22,25-27H,4-15H2,1-3H3/t17-,18+,20+,22+,24+/m1/s1. The van der Waals surface area contributed by atoms with Crippen LogP contribution in [0.3, 0.4) is 0 Å². The van der Waals surface area contributed by atoms with E-state index in [2.05, 4.69) is 26.1 Å². The Morgan fingerprint density at radius 1 is 1.00 bits per heavy atom. The van der Waals surface area contributed by atoms with E-state index in [-0.39, 0.29) is 24.0 Å². The maximum Gasteiger partial charge on any atom is 0.0544 e. The monoisotopic (exact) mass is 375 g/mol. The first-order chi connectivity index (χ1) is 12.8. The Morgan fingerprint density at radius 2 is 1.78 bits per heavy atom. The molecule has 4 rings (SSSR count). The van der Waals surface area contributed by atoms with E-state index in [0.717, 1.165) is 31.7 Å². The van der Waals surface area contributed by atoms with Crippen LogP contribution in [0.2, 0.25) is 0 Å². The van der Waals surface area contributed by atoms with E-state index < -0.39 is 0 Å². The van der Waals surface area contributed by atoms with E-state index in [9.17, 15) is 10.2 Å².